The van der Waals surface area contributed by atoms with Crippen molar-refractivity contribution in [2.75, 3.05) is 7.11 Å². The highest BCUT2D eigenvalue weighted by molar-refractivity contribution is 5.81. The maximum absolute atomic E-state index is 10.9. The number of fused-ring (bicyclic) bond motifs is 1. The van der Waals surface area contributed by atoms with Crippen LogP contribution in [0.4, 0.5) is 0 Å². The van der Waals surface area contributed by atoms with Gasteiger partial charge in [0.25, 0.3) is 0 Å². The Balaban J connectivity index is 2.02. The largest absolute Gasteiger partial charge is 0.478 e. The Hall–Kier alpha value is -1.87. The minimum Gasteiger partial charge on any atom is -0.478 e. The van der Waals surface area contributed by atoms with Crippen molar-refractivity contribution in [2.45, 2.75) is 83.7 Å². The summed E-state index contributed by atoms with van der Waals surface area (Å²) in [5, 5.41) is 8.92. The molecule has 158 valence electrons. The van der Waals surface area contributed by atoms with Crippen LogP contribution in [0, 0.1) is 5.92 Å². The van der Waals surface area contributed by atoms with Crippen LogP contribution >= 0.6 is 0 Å². The molecule has 0 bridgehead atoms. The van der Waals surface area contributed by atoms with Gasteiger partial charge >= 0.3 is 5.97 Å². The van der Waals surface area contributed by atoms with Crippen LogP contribution in [-0.4, -0.2) is 18.2 Å². The van der Waals surface area contributed by atoms with E-state index < -0.39 is 5.97 Å². The molecule has 1 aromatic carbocycles. The standard InChI is InChI=1S/C26H36O3/c1-17(12-23(27)28)8-9-19-15-26(19,6)20-14-22-21(13-18(20)16-29-7)24(2,3)10-11-25(22,4)5/h8-9,12-14,19H,10-11,15-16H2,1-7H3,(H,27,28)/t19-,26-/m0/s1. The summed E-state index contributed by atoms with van der Waals surface area (Å²) < 4.78 is 5.59. The average molecular weight is 397 g/mol. The second-order valence-corrected chi connectivity index (χ2v) is 10.6. The van der Waals surface area contributed by atoms with E-state index in [9.17, 15) is 4.79 Å². The molecule has 1 fully saturated rings. The smallest absolute Gasteiger partial charge is 0.328 e. The Morgan fingerprint density at radius 3 is 2.24 bits per heavy atom. The van der Waals surface area contributed by atoms with Crippen molar-refractivity contribution in [1.29, 1.82) is 0 Å². The quantitative estimate of drug-likeness (QED) is 0.470. The molecule has 0 radical (unpaired) electrons. The fourth-order valence-electron chi connectivity index (χ4n) is 4.96. The molecule has 0 saturated heterocycles. The first-order chi connectivity index (χ1) is 13.4. The SMILES string of the molecule is COCc1cc2c(cc1[C@@]1(C)C[C@@H]1C=CC(C)=CC(=O)O)C(C)(C)CCC2(C)C. The first kappa shape index (κ1) is 21.8. The number of benzene rings is 1. The number of rotatable bonds is 6. The van der Waals surface area contributed by atoms with E-state index >= 15 is 0 Å². The molecule has 1 aromatic rings. The summed E-state index contributed by atoms with van der Waals surface area (Å²) in [5.41, 5.74) is 6.89. The van der Waals surface area contributed by atoms with Gasteiger partial charge in [0.15, 0.2) is 0 Å². The lowest BCUT2D eigenvalue weighted by molar-refractivity contribution is -0.131. The van der Waals surface area contributed by atoms with Crippen molar-refractivity contribution in [3.8, 4) is 0 Å². The van der Waals surface area contributed by atoms with E-state index in [2.05, 4.69) is 52.8 Å². The van der Waals surface area contributed by atoms with Crippen LogP contribution in [0.1, 0.15) is 83.1 Å². The van der Waals surface area contributed by atoms with Crippen LogP contribution in [0.25, 0.3) is 0 Å². The Kier molecular flexibility index (Phi) is 5.59. The number of carbonyl (C=O) groups is 1. The molecule has 0 heterocycles. The minimum absolute atomic E-state index is 0.0839. The molecule has 1 saturated carbocycles. The molecule has 3 nitrogen and oxygen atoms in total. The van der Waals surface area contributed by atoms with Crippen molar-refractivity contribution >= 4 is 5.97 Å². The number of allylic oxidation sites excluding steroid dienone is 3. The first-order valence-corrected chi connectivity index (χ1v) is 10.7. The normalized spacial score (nSPS) is 27.7. The van der Waals surface area contributed by atoms with E-state index in [1.54, 1.807) is 7.11 Å². The van der Waals surface area contributed by atoms with Gasteiger partial charge in [-0.15, -0.1) is 0 Å². The predicted molar refractivity (Wildman–Crippen MR) is 118 cm³/mol. The third-order valence-corrected chi connectivity index (χ3v) is 7.24. The average Bonchev–Trinajstić information content (AvgIpc) is 3.28. The van der Waals surface area contributed by atoms with Crippen LogP contribution in [0.3, 0.4) is 0 Å². The lowest BCUT2D eigenvalue weighted by Crippen LogP contribution is -2.34. The van der Waals surface area contributed by atoms with Gasteiger partial charge in [0, 0.05) is 13.2 Å². The Morgan fingerprint density at radius 2 is 1.69 bits per heavy atom. The Morgan fingerprint density at radius 1 is 1.10 bits per heavy atom. The molecule has 1 N–H and O–H groups in total. The Bertz CT molecular complexity index is 872. The Labute approximate surface area is 175 Å². The summed E-state index contributed by atoms with van der Waals surface area (Å²) in [5.74, 6) is -0.472. The van der Waals surface area contributed by atoms with Gasteiger partial charge in [-0.2, -0.15) is 0 Å². The van der Waals surface area contributed by atoms with Crippen LogP contribution in [0.15, 0.2) is 35.9 Å². The molecule has 2 aliphatic carbocycles. The van der Waals surface area contributed by atoms with Crippen molar-refractivity contribution in [1.82, 2.24) is 0 Å². The summed E-state index contributed by atoms with van der Waals surface area (Å²) >= 11 is 0. The molecule has 2 atom stereocenters. The van der Waals surface area contributed by atoms with Gasteiger partial charge in [-0.1, -0.05) is 58.9 Å². The zero-order valence-electron chi connectivity index (χ0n) is 19.1. The van der Waals surface area contributed by atoms with Crippen molar-refractivity contribution in [2.24, 2.45) is 5.92 Å². The summed E-state index contributed by atoms with van der Waals surface area (Å²) in [6.07, 6.45) is 8.89. The van der Waals surface area contributed by atoms with Crippen molar-refractivity contribution in [3.05, 3.63) is 58.2 Å². The zero-order valence-corrected chi connectivity index (χ0v) is 19.1. The van der Waals surface area contributed by atoms with Crippen LogP contribution < -0.4 is 0 Å². The lowest BCUT2D eigenvalue weighted by Gasteiger charge is -2.43. The number of ether oxygens (including phenoxy) is 1. The fourth-order valence-corrected chi connectivity index (χ4v) is 4.96. The summed E-state index contributed by atoms with van der Waals surface area (Å²) in [7, 11) is 1.77. The highest BCUT2D eigenvalue weighted by atomic mass is 16.5. The fraction of sp³-hybridized carbons (Fsp3) is 0.577. The van der Waals surface area contributed by atoms with Gasteiger partial charge in [-0.05, 0) is 76.2 Å². The third kappa shape index (κ3) is 4.21. The van der Waals surface area contributed by atoms with E-state index in [0.717, 1.165) is 12.0 Å². The molecule has 0 unspecified atom stereocenters. The maximum atomic E-state index is 10.9. The maximum Gasteiger partial charge on any atom is 0.328 e. The van der Waals surface area contributed by atoms with Crippen LogP contribution in [0.2, 0.25) is 0 Å². The second kappa shape index (κ2) is 7.43. The van der Waals surface area contributed by atoms with Crippen molar-refractivity contribution in [3.63, 3.8) is 0 Å². The summed E-state index contributed by atoms with van der Waals surface area (Å²) in [6, 6.07) is 4.88. The molecule has 0 spiro atoms. The highest BCUT2D eigenvalue weighted by Crippen LogP contribution is 2.57. The molecular weight excluding hydrogens is 360 g/mol. The van der Waals surface area contributed by atoms with Gasteiger partial charge in [0.2, 0.25) is 0 Å². The van der Waals surface area contributed by atoms with Gasteiger partial charge in [0.1, 0.15) is 0 Å². The van der Waals surface area contributed by atoms with E-state index in [4.69, 9.17) is 9.84 Å². The van der Waals surface area contributed by atoms with E-state index in [-0.39, 0.29) is 16.2 Å². The van der Waals surface area contributed by atoms with Gasteiger partial charge in [-0.3, -0.25) is 0 Å². The lowest BCUT2D eigenvalue weighted by atomic mass is 9.62. The van der Waals surface area contributed by atoms with E-state index in [1.165, 1.54) is 41.2 Å². The molecule has 0 aromatic heterocycles. The summed E-state index contributed by atoms with van der Waals surface area (Å²) in [4.78, 5) is 10.9. The predicted octanol–water partition coefficient (Wildman–Crippen LogP) is 6.05. The third-order valence-electron chi connectivity index (χ3n) is 7.24. The topological polar surface area (TPSA) is 46.5 Å². The molecule has 0 aliphatic heterocycles. The molecule has 0 amide bonds. The zero-order chi connectivity index (χ0) is 21.6. The van der Waals surface area contributed by atoms with E-state index in [0.29, 0.717) is 12.5 Å². The van der Waals surface area contributed by atoms with Gasteiger partial charge in [-0.25, -0.2) is 4.79 Å². The number of aliphatic carboxylic acids is 1. The molecule has 29 heavy (non-hydrogen) atoms. The molecule has 3 heteroatoms. The van der Waals surface area contributed by atoms with Gasteiger partial charge in [0.05, 0.1) is 6.61 Å². The van der Waals surface area contributed by atoms with Crippen LogP contribution in [0.5, 0.6) is 0 Å². The minimum atomic E-state index is -0.896. The number of hydrogen-bond donors (Lipinski definition) is 1. The highest BCUT2D eigenvalue weighted by Gasteiger charge is 2.51. The number of hydrogen-bond acceptors (Lipinski definition) is 2. The number of carboxylic acids is 1. The number of carboxylic acid groups (broad SMARTS) is 1. The monoisotopic (exact) mass is 396 g/mol. The molecule has 3 rings (SSSR count). The summed E-state index contributed by atoms with van der Waals surface area (Å²) in [6.45, 7) is 14.3. The second-order valence-electron chi connectivity index (χ2n) is 10.6. The number of methoxy groups -OCH3 is 1. The molecule has 2 aliphatic rings. The van der Waals surface area contributed by atoms with Gasteiger partial charge < -0.3 is 9.84 Å². The van der Waals surface area contributed by atoms with E-state index in [1.807, 2.05) is 13.0 Å². The molecular formula is C26H36O3. The van der Waals surface area contributed by atoms with Crippen LogP contribution in [-0.2, 0) is 32.4 Å². The van der Waals surface area contributed by atoms with Crippen molar-refractivity contribution < 1.29 is 14.6 Å². The first-order valence-electron chi connectivity index (χ1n) is 10.7.